The topological polar surface area (TPSA) is 12.0 Å². The maximum Gasteiger partial charge on any atom is 0.0375 e. The highest BCUT2D eigenvalue weighted by atomic mass is 79.9. The van der Waals surface area contributed by atoms with Crippen LogP contribution in [0.15, 0.2) is 22.7 Å². The zero-order chi connectivity index (χ0) is 10.1. The summed E-state index contributed by atoms with van der Waals surface area (Å²) < 4.78 is 1.18. The molecule has 1 aliphatic rings. The zero-order valence-corrected chi connectivity index (χ0v) is 10.3. The van der Waals surface area contributed by atoms with Crippen molar-refractivity contribution >= 4 is 21.6 Å². The molecule has 76 valence electrons. The van der Waals surface area contributed by atoms with Gasteiger partial charge in [-0.25, -0.2) is 0 Å². The second-order valence-electron chi connectivity index (χ2n) is 4.14. The number of anilines is 1. The van der Waals surface area contributed by atoms with Crippen molar-refractivity contribution in [2.75, 3.05) is 5.32 Å². The predicted octanol–water partition coefficient (Wildman–Crippen LogP) is 3.83. The fourth-order valence-corrected chi connectivity index (χ4v) is 2.62. The van der Waals surface area contributed by atoms with E-state index < -0.39 is 0 Å². The standard InChI is InChI=1S/C12H16BrN/c1-3-11-8(2)6-9-7-10(13)4-5-12(9)14-11/h4-5,7-8,11,14H,3,6H2,1-2H3/t8?,11-/m0/s1. The van der Waals surface area contributed by atoms with E-state index in [2.05, 4.69) is 53.3 Å². The molecule has 1 unspecified atom stereocenters. The second-order valence-corrected chi connectivity index (χ2v) is 5.06. The minimum Gasteiger partial charge on any atom is -0.382 e. The quantitative estimate of drug-likeness (QED) is 0.803. The minimum atomic E-state index is 0.642. The van der Waals surface area contributed by atoms with E-state index >= 15 is 0 Å². The number of benzene rings is 1. The first kappa shape index (κ1) is 10.0. The van der Waals surface area contributed by atoms with Gasteiger partial charge in [0.2, 0.25) is 0 Å². The SMILES string of the molecule is CC[C@@H]1Nc2ccc(Br)cc2CC1C. The lowest BCUT2D eigenvalue weighted by Gasteiger charge is -2.32. The molecule has 1 nitrogen and oxygen atoms in total. The lowest BCUT2D eigenvalue weighted by atomic mass is 9.87. The third-order valence-electron chi connectivity index (χ3n) is 3.08. The van der Waals surface area contributed by atoms with Crippen LogP contribution in [0.25, 0.3) is 0 Å². The number of rotatable bonds is 1. The molecule has 1 aliphatic heterocycles. The Labute approximate surface area is 94.0 Å². The Balaban J connectivity index is 2.30. The maximum absolute atomic E-state index is 3.60. The summed E-state index contributed by atoms with van der Waals surface area (Å²) in [6.45, 7) is 4.57. The van der Waals surface area contributed by atoms with E-state index in [9.17, 15) is 0 Å². The molecule has 0 aromatic heterocycles. The molecule has 2 atom stereocenters. The Morgan fingerprint density at radius 1 is 1.50 bits per heavy atom. The molecule has 0 radical (unpaired) electrons. The summed E-state index contributed by atoms with van der Waals surface area (Å²) in [7, 11) is 0. The molecule has 0 aliphatic carbocycles. The van der Waals surface area contributed by atoms with Crippen molar-refractivity contribution < 1.29 is 0 Å². The van der Waals surface area contributed by atoms with Gasteiger partial charge in [0.15, 0.2) is 0 Å². The number of halogens is 1. The van der Waals surface area contributed by atoms with Crippen LogP contribution in [-0.4, -0.2) is 6.04 Å². The fraction of sp³-hybridized carbons (Fsp3) is 0.500. The van der Waals surface area contributed by atoms with Gasteiger partial charge in [-0.2, -0.15) is 0 Å². The molecule has 2 rings (SSSR count). The summed E-state index contributed by atoms with van der Waals surface area (Å²) in [4.78, 5) is 0. The monoisotopic (exact) mass is 253 g/mol. The van der Waals surface area contributed by atoms with E-state index in [1.54, 1.807) is 0 Å². The summed E-state index contributed by atoms with van der Waals surface area (Å²) in [6.07, 6.45) is 2.40. The first-order chi connectivity index (χ1) is 6.70. The number of hydrogen-bond donors (Lipinski definition) is 1. The van der Waals surface area contributed by atoms with Crippen LogP contribution >= 0.6 is 15.9 Å². The van der Waals surface area contributed by atoms with Crippen molar-refractivity contribution in [3.63, 3.8) is 0 Å². The maximum atomic E-state index is 3.60. The van der Waals surface area contributed by atoms with E-state index in [1.165, 1.54) is 28.6 Å². The van der Waals surface area contributed by atoms with Gasteiger partial charge in [-0.3, -0.25) is 0 Å². The largest absolute Gasteiger partial charge is 0.382 e. The first-order valence-electron chi connectivity index (χ1n) is 5.25. The molecule has 0 amide bonds. The number of hydrogen-bond acceptors (Lipinski definition) is 1. The summed E-state index contributed by atoms with van der Waals surface area (Å²) in [6, 6.07) is 7.15. The van der Waals surface area contributed by atoms with Gasteiger partial charge in [0.25, 0.3) is 0 Å². The molecule has 0 bridgehead atoms. The normalized spacial score (nSPS) is 25.4. The van der Waals surface area contributed by atoms with Gasteiger partial charge in [-0.05, 0) is 42.5 Å². The second kappa shape index (κ2) is 3.93. The van der Waals surface area contributed by atoms with E-state index in [-0.39, 0.29) is 0 Å². The van der Waals surface area contributed by atoms with Crippen LogP contribution in [0.3, 0.4) is 0 Å². The summed E-state index contributed by atoms with van der Waals surface area (Å²) in [5.41, 5.74) is 2.76. The summed E-state index contributed by atoms with van der Waals surface area (Å²) in [5.74, 6) is 0.738. The molecule has 1 heterocycles. The van der Waals surface area contributed by atoms with E-state index in [4.69, 9.17) is 0 Å². The van der Waals surface area contributed by atoms with Crippen molar-refractivity contribution in [2.24, 2.45) is 5.92 Å². The lowest BCUT2D eigenvalue weighted by Crippen LogP contribution is -2.32. The average molecular weight is 254 g/mol. The van der Waals surface area contributed by atoms with Gasteiger partial charge in [-0.1, -0.05) is 29.8 Å². The Hall–Kier alpha value is -0.500. The summed E-state index contributed by atoms with van der Waals surface area (Å²) in [5, 5.41) is 3.60. The van der Waals surface area contributed by atoms with Crippen molar-refractivity contribution in [2.45, 2.75) is 32.7 Å². The predicted molar refractivity (Wildman–Crippen MR) is 64.7 cm³/mol. The van der Waals surface area contributed by atoms with Crippen LogP contribution in [0.2, 0.25) is 0 Å². The van der Waals surface area contributed by atoms with E-state index in [1.807, 2.05) is 0 Å². The van der Waals surface area contributed by atoms with Crippen LogP contribution in [0.5, 0.6) is 0 Å². The van der Waals surface area contributed by atoms with Crippen LogP contribution in [-0.2, 0) is 6.42 Å². The Morgan fingerprint density at radius 3 is 3.00 bits per heavy atom. The third kappa shape index (κ3) is 1.81. The van der Waals surface area contributed by atoms with Gasteiger partial charge in [0.1, 0.15) is 0 Å². The van der Waals surface area contributed by atoms with Crippen LogP contribution in [0, 0.1) is 5.92 Å². The van der Waals surface area contributed by atoms with Gasteiger partial charge in [0.05, 0.1) is 0 Å². The number of fused-ring (bicyclic) bond motifs is 1. The Morgan fingerprint density at radius 2 is 2.29 bits per heavy atom. The van der Waals surface area contributed by atoms with Crippen LogP contribution in [0.4, 0.5) is 5.69 Å². The molecule has 1 N–H and O–H groups in total. The zero-order valence-electron chi connectivity index (χ0n) is 8.68. The molecule has 14 heavy (non-hydrogen) atoms. The van der Waals surface area contributed by atoms with Crippen LogP contribution in [0.1, 0.15) is 25.8 Å². The van der Waals surface area contributed by atoms with Crippen molar-refractivity contribution in [1.82, 2.24) is 0 Å². The molecular weight excluding hydrogens is 238 g/mol. The van der Waals surface area contributed by atoms with Crippen molar-refractivity contribution in [3.05, 3.63) is 28.2 Å². The van der Waals surface area contributed by atoms with E-state index in [0.717, 1.165) is 5.92 Å². The molecule has 0 saturated heterocycles. The summed E-state index contributed by atoms with van der Waals surface area (Å²) >= 11 is 3.51. The van der Waals surface area contributed by atoms with Crippen molar-refractivity contribution in [3.8, 4) is 0 Å². The number of nitrogens with one attached hydrogen (secondary N) is 1. The van der Waals surface area contributed by atoms with E-state index in [0.29, 0.717) is 6.04 Å². The van der Waals surface area contributed by atoms with Gasteiger partial charge >= 0.3 is 0 Å². The van der Waals surface area contributed by atoms with Gasteiger partial charge in [-0.15, -0.1) is 0 Å². The highest BCUT2D eigenvalue weighted by Gasteiger charge is 2.22. The third-order valence-corrected chi connectivity index (χ3v) is 3.57. The smallest absolute Gasteiger partial charge is 0.0375 e. The molecule has 2 heteroatoms. The molecule has 1 aromatic rings. The highest BCUT2D eigenvalue weighted by molar-refractivity contribution is 9.10. The molecule has 1 aromatic carbocycles. The molecular formula is C12H16BrN. The lowest BCUT2D eigenvalue weighted by molar-refractivity contribution is 0.454. The van der Waals surface area contributed by atoms with Crippen LogP contribution < -0.4 is 5.32 Å². The first-order valence-corrected chi connectivity index (χ1v) is 6.05. The van der Waals surface area contributed by atoms with Gasteiger partial charge < -0.3 is 5.32 Å². The molecule has 0 fully saturated rings. The highest BCUT2D eigenvalue weighted by Crippen LogP contribution is 2.31. The Kier molecular flexibility index (Phi) is 2.82. The van der Waals surface area contributed by atoms with Gasteiger partial charge in [0, 0.05) is 16.2 Å². The minimum absolute atomic E-state index is 0.642. The fourth-order valence-electron chi connectivity index (χ4n) is 2.21. The van der Waals surface area contributed by atoms with Crippen molar-refractivity contribution in [1.29, 1.82) is 0 Å². The molecule has 0 saturated carbocycles. The Bertz CT molecular complexity index is 335. The molecule has 0 spiro atoms. The average Bonchev–Trinajstić information content (AvgIpc) is 2.16.